The molecule has 106 valence electrons. The minimum Gasteiger partial charge on any atom is -0.341 e. The van der Waals surface area contributed by atoms with Gasteiger partial charge in [0.1, 0.15) is 17.4 Å². The molecule has 0 spiro atoms. The molecular formula is C14H17ClN4O. The molecule has 1 amide bonds. The minimum atomic E-state index is -0.283. The number of likely N-dealkylation sites (tertiary alicyclic amines) is 1. The predicted octanol–water partition coefficient (Wildman–Crippen LogP) is 2.35. The number of pyridine rings is 1. The van der Waals surface area contributed by atoms with Gasteiger partial charge < -0.3 is 9.47 Å². The lowest BCUT2D eigenvalue weighted by Gasteiger charge is -2.22. The summed E-state index contributed by atoms with van der Waals surface area (Å²) in [5.74, 6) is 1.14. The molecule has 1 atom stereocenters. The van der Waals surface area contributed by atoms with Crippen LogP contribution in [0.15, 0.2) is 18.5 Å². The maximum atomic E-state index is 12.6. The first-order chi connectivity index (χ1) is 9.72. The average Bonchev–Trinajstić information content (AvgIpc) is 3.12. The summed E-state index contributed by atoms with van der Waals surface area (Å²) in [6.07, 6.45) is 5.60. The standard InChI is InChI=1S/C14H17ClN4O/c1-10(14(20)18-6-2-3-7-18)19-12-4-5-16-9-11(12)17-13(19)8-15/h4-5,9-10H,2-3,6-8H2,1H3. The highest BCUT2D eigenvalue weighted by molar-refractivity contribution is 6.16. The minimum absolute atomic E-state index is 0.143. The van der Waals surface area contributed by atoms with Gasteiger partial charge >= 0.3 is 0 Å². The molecular weight excluding hydrogens is 276 g/mol. The Balaban J connectivity index is 2.01. The number of hydrogen-bond donors (Lipinski definition) is 0. The van der Waals surface area contributed by atoms with Crippen molar-refractivity contribution in [1.82, 2.24) is 19.4 Å². The van der Waals surface area contributed by atoms with Crippen molar-refractivity contribution in [3.63, 3.8) is 0 Å². The number of aromatic nitrogens is 3. The molecule has 0 bridgehead atoms. The molecule has 0 aromatic carbocycles. The highest BCUT2D eigenvalue weighted by Crippen LogP contribution is 2.24. The van der Waals surface area contributed by atoms with Gasteiger partial charge in [-0.05, 0) is 25.8 Å². The molecule has 1 fully saturated rings. The van der Waals surface area contributed by atoms with Gasteiger partial charge in [0.05, 0.1) is 17.6 Å². The molecule has 3 rings (SSSR count). The van der Waals surface area contributed by atoms with Crippen LogP contribution < -0.4 is 0 Å². The largest absolute Gasteiger partial charge is 0.341 e. The Hall–Kier alpha value is -1.62. The van der Waals surface area contributed by atoms with Gasteiger partial charge in [0.15, 0.2) is 0 Å². The van der Waals surface area contributed by atoms with Crippen LogP contribution in [0.4, 0.5) is 0 Å². The maximum Gasteiger partial charge on any atom is 0.245 e. The number of carbonyl (C=O) groups excluding carboxylic acids is 1. The second-order valence-electron chi connectivity index (χ2n) is 5.10. The third-order valence-electron chi connectivity index (χ3n) is 3.85. The Morgan fingerprint density at radius 3 is 2.90 bits per heavy atom. The van der Waals surface area contributed by atoms with Crippen molar-refractivity contribution in [2.24, 2.45) is 0 Å². The van der Waals surface area contributed by atoms with Crippen molar-refractivity contribution in [2.75, 3.05) is 13.1 Å². The number of amides is 1. The quantitative estimate of drug-likeness (QED) is 0.816. The summed E-state index contributed by atoms with van der Waals surface area (Å²) in [5, 5.41) is 0. The van der Waals surface area contributed by atoms with Crippen LogP contribution in [0.2, 0.25) is 0 Å². The fraction of sp³-hybridized carbons (Fsp3) is 0.500. The van der Waals surface area contributed by atoms with Crippen molar-refractivity contribution in [3.05, 3.63) is 24.3 Å². The van der Waals surface area contributed by atoms with Crippen molar-refractivity contribution >= 4 is 28.5 Å². The van der Waals surface area contributed by atoms with Gasteiger partial charge in [-0.15, -0.1) is 11.6 Å². The van der Waals surface area contributed by atoms with Gasteiger partial charge in [0, 0.05) is 19.3 Å². The van der Waals surface area contributed by atoms with E-state index in [2.05, 4.69) is 9.97 Å². The fourth-order valence-electron chi connectivity index (χ4n) is 2.84. The third-order valence-corrected chi connectivity index (χ3v) is 4.09. The number of imidazole rings is 1. The lowest BCUT2D eigenvalue weighted by Crippen LogP contribution is -2.34. The van der Waals surface area contributed by atoms with Gasteiger partial charge in [0.2, 0.25) is 5.91 Å². The zero-order valence-electron chi connectivity index (χ0n) is 11.4. The van der Waals surface area contributed by atoms with E-state index < -0.39 is 0 Å². The van der Waals surface area contributed by atoms with E-state index in [4.69, 9.17) is 11.6 Å². The molecule has 6 heteroatoms. The maximum absolute atomic E-state index is 12.6. The van der Waals surface area contributed by atoms with E-state index in [0.717, 1.165) is 42.8 Å². The topological polar surface area (TPSA) is 51.0 Å². The van der Waals surface area contributed by atoms with Crippen LogP contribution in [0.3, 0.4) is 0 Å². The number of carbonyl (C=O) groups is 1. The Morgan fingerprint density at radius 2 is 2.20 bits per heavy atom. The van der Waals surface area contributed by atoms with Crippen LogP contribution in [0, 0.1) is 0 Å². The number of nitrogens with zero attached hydrogens (tertiary/aromatic N) is 4. The molecule has 1 unspecified atom stereocenters. The summed E-state index contributed by atoms with van der Waals surface area (Å²) < 4.78 is 1.94. The fourth-order valence-corrected chi connectivity index (χ4v) is 3.03. The highest BCUT2D eigenvalue weighted by Gasteiger charge is 2.27. The second kappa shape index (κ2) is 5.40. The summed E-state index contributed by atoms with van der Waals surface area (Å²) >= 11 is 5.98. The molecule has 2 aromatic heterocycles. The SMILES string of the molecule is CC(C(=O)N1CCCC1)n1c(CCl)nc2cnccc21. The molecule has 20 heavy (non-hydrogen) atoms. The molecule has 3 heterocycles. The molecule has 1 saturated heterocycles. The van der Waals surface area contributed by atoms with Gasteiger partial charge in [-0.2, -0.15) is 0 Å². The first-order valence-electron chi connectivity index (χ1n) is 6.88. The molecule has 1 aliphatic heterocycles. The van der Waals surface area contributed by atoms with E-state index in [0.29, 0.717) is 0 Å². The Labute approximate surface area is 122 Å². The molecule has 1 aliphatic rings. The molecule has 0 radical (unpaired) electrons. The average molecular weight is 293 g/mol. The molecule has 2 aromatic rings. The Kier molecular flexibility index (Phi) is 3.61. The summed E-state index contributed by atoms with van der Waals surface area (Å²) in [7, 11) is 0. The van der Waals surface area contributed by atoms with E-state index >= 15 is 0 Å². The van der Waals surface area contributed by atoms with Crippen LogP contribution in [0.5, 0.6) is 0 Å². The van der Waals surface area contributed by atoms with E-state index in [-0.39, 0.29) is 17.8 Å². The summed E-state index contributed by atoms with van der Waals surface area (Å²) in [5.41, 5.74) is 1.69. The molecule has 0 N–H and O–H groups in total. The monoisotopic (exact) mass is 292 g/mol. The molecule has 0 aliphatic carbocycles. The third kappa shape index (κ3) is 2.16. The number of rotatable bonds is 3. The van der Waals surface area contributed by atoms with Crippen molar-refractivity contribution in [3.8, 4) is 0 Å². The van der Waals surface area contributed by atoms with E-state index in [1.165, 1.54) is 0 Å². The van der Waals surface area contributed by atoms with Crippen LogP contribution in [-0.2, 0) is 10.7 Å². The Bertz CT molecular complexity index is 633. The lowest BCUT2D eigenvalue weighted by molar-refractivity contribution is -0.133. The van der Waals surface area contributed by atoms with Crippen LogP contribution in [0.1, 0.15) is 31.6 Å². The molecule has 5 nitrogen and oxygen atoms in total. The second-order valence-corrected chi connectivity index (χ2v) is 5.37. The zero-order valence-corrected chi connectivity index (χ0v) is 12.2. The van der Waals surface area contributed by atoms with Gasteiger partial charge in [-0.1, -0.05) is 0 Å². The van der Waals surface area contributed by atoms with Crippen molar-refractivity contribution in [1.29, 1.82) is 0 Å². The van der Waals surface area contributed by atoms with Gasteiger partial charge in [0.25, 0.3) is 0 Å². The van der Waals surface area contributed by atoms with Crippen LogP contribution in [-0.4, -0.2) is 38.4 Å². The van der Waals surface area contributed by atoms with Crippen molar-refractivity contribution in [2.45, 2.75) is 31.7 Å². The van der Waals surface area contributed by atoms with Crippen molar-refractivity contribution < 1.29 is 4.79 Å². The number of hydrogen-bond acceptors (Lipinski definition) is 3. The number of fused-ring (bicyclic) bond motifs is 1. The van der Waals surface area contributed by atoms with Crippen LogP contribution in [0.25, 0.3) is 11.0 Å². The normalized spacial score (nSPS) is 16.8. The number of halogens is 1. The number of alkyl halides is 1. The highest BCUT2D eigenvalue weighted by atomic mass is 35.5. The molecule has 0 saturated carbocycles. The zero-order chi connectivity index (χ0) is 14.1. The Morgan fingerprint density at radius 1 is 1.45 bits per heavy atom. The van der Waals surface area contributed by atoms with E-state index in [9.17, 15) is 4.79 Å². The lowest BCUT2D eigenvalue weighted by atomic mass is 10.2. The first-order valence-corrected chi connectivity index (χ1v) is 7.41. The first kappa shape index (κ1) is 13.4. The smallest absolute Gasteiger partial charge is 0.245 e. The van der Waals surface area contributed by atoms with E-state index in [1.807, 2.05) is 22.5 Å². The van der Waals surface area contributed by atoms with E-state index in [1.54, 1.807) is 12.4 Å². The van der Waals surface area contributed by atoms with Gasteiger partial charge in [-0.25, -0.2) is 4.98 Å². The summed E-state index contributed by atoms with van der Waals surface area (Å²) in [6.45, 7) is 3.62. The van der Waals surface area contributed by atoms with Gasteiger partial charge in [-0.3, -0.25) is 9.78 Å². The van der Waals surface area contributed by atoms with Crippen LogP contribution >= 0.6 is 11.6 Å². The predicted molar refractivity (Wildman–Crippen MR) is 77.6 cm³/mol. The summed E-state index contributed by atoms with van der Waals surface area (Å²) in [4.78, 5) is 23.0. The summed E-state index contributed by atoms with van der Waals surface area (Å²) in [6, 6.07) is 1.60.